The lowest BCUT2D eigenvalue weighted by Crippen LogP contribution is -2.38. The van der Waals surface area contributed by atoms with Crippen molar-refractivity contribution >= 4 is 23.4 Å². The Bertz CT molecular complexity index is 766. The van der Waals surface area contributed by atoms with Crippen molar-refractivity contribution in [2.45, 2.75) is 13.1 Å². The molecule has 0 aliphatic carbocycles. The minimum Gasteiger partial charge on any atom is -0.496 e. The predicted octanol–water partition coefficient (Wildman–Crippen LogP) is 3.20. The third kappa shape index (κ3) is 6.82. The summed E-state index contributed by atoms with van der Waals surface area (Å²) in [6.07, 6.45) is 2.05. The van der Waals surface area contributed by atoms with Crippen molar-refractivity contribution in [1.82, 2.24) is 10.6 Å². The van der Waals surface area contributed by atoms with Crippen molar-refractivity contribution in [3.63, 3.8) is 0 Å². The standard InChI is InChI=1S/C19H24N4O3S/c1-26-18-6-4-3-5-16(18)14-22-19(20-11-12-27-2)21-13-15-7-9-17(10-8-15)23(24)25/h3-10H,11-14H2,1-2H3,(H2,20,21,22). The molecule has 144 valence electrons. The number of guanidine groups is 1. The molecule has 0 heterocycles. The third-order valence-electron chi connectivity index (χ3n) is 3.80. The molecule has 0 atom stereocenters. The SMILES string of the molecule is COc1ccccc1CNC(=NCc1ccc([N+](=O)[O-])cc1)NCCSC. The molecule has 7 nitrogen and oxygen atoms in total. The van der Waals surface area contributed by atoms with Gasteiger partial charge in [-0.25, -0.2) is 4.99 Å². The van der Waals surface area contributed by atoms with Gasteiger partial charge in [-0.3, -0.25) is 10.1 Å². The molecule has 2 aromatic carbocycles. The molecule has 2 rings (SSSR count). The van der Waals surface area contributed by atoms with E-state index in [4.69, 9.17) is 4.74 Å². The van der Waals surface area contributed by atoms with Crippen LogP contribution in [0.25, 0.3) is 0 Å². The Kier molecular flexibility index (Phi) is 8.44. The van der Waals surface area contributed by atoms with E-state index in [1.54, 1.807) is 31.0 Å². The van der Waals surface area contributed by atoms with Crippen LogP contribution < -0.4 is 15.4 Å². The second-order valence-corrected chi connectivity index (χ2v) is 6.66. The van der Waals surface area contributed by atoms with Gasteiger partial charge in [0.25, 0.3) is 5.69 Å². The van der Waals surface area contributed by atoms with E-state index in [1.807, 2.05) is 24.3 Å². The molecule has 2 aromatic rings. The van der Waals surface area contributed by atoms with Gasteiger partial charge in [0, 0.05) is 36.5 Å². The quantitative estimate of drug-likeness (QED) is 0.225. The highest BCUT2D eigenvalue weighted by atomic mass is 32.2. The minimum absolute atomic E-state index is 0.0790. The second-order valence-electron chi connectivity index (χ2n) is 5.67. The number of non-ortho nitro benzene ring substituents is 1. The summed E-state index contributed by atoms with van der Waals surface area (Å²) < 4.78 is 5.38. The molecule has 0 aromatic heterocycles. The number of hydrogen-bond acceptors (Lipinski definition) is 5. The molecular weight excluding hydrogens is 364 g/mol. The second kappa shape index (κ2) is 11.1. The van der Waals surface area contributed by atoms with E-state index < -0.39 is 4.92 Å². The lowest BCUT2D eigenvalue weighted by molar-refractivity contribution is -0.384. The Labute approximate surface area is 163 Å². The number of hydrogen-bond donors (Lipinski definition) is 2. The van der Waals surface area contributed by atoms with Crippen LogP contribution in [-0.4, -0.2) is 36.5 Å². The zero-order valence-corrected chi connectivity index (χ0v) is 16.3. The van der Waals surface area contributed by atoms with Crippen LogP contribution >= 0.6 is 11.8 Å². The van der Waals surface area contributed by atoms with Crippen LogP contribution in [0.4, 0.5) is 5.69 Å². The Morgan fingerprint density at radius 1 is 1.19 bits per heavy atom. The number of nitro benzene ring substituents is 1. The molecule has 0 bridgehead atoms. The highest BCUT2D eigenvalue weighted by Gasteiger charge is 2.06. The number of rotatable bonds is 9. The molecule has 0 spiro atoms. The first kappa shape index (κ1) is 20.6. The van der Waals surface area contributed by atoms with Crippen molar-refractivity contribution in [1.29, 1.82) is 0 Å². The number of methoxy groups -OCH3 is 1. The summed E-state index contributed by atoms with van der Waals surface area (Å²) in [6.45, 7) is 1.80. The number of nitro groups is 1. The van der Waals surface area contributed by atoms with Gasteiger partial charge in [0.1, 0.15) is 5.75 Å². The molecule has 27 heavy (non-hydrogen) atoms. The average molecular weight is 388 g/mol. The van der Waals surface area contributed by atoms with Gasteiger partial charge < -0.3 is 15.4 Å². The highest BCUT2D eigenvalue weighted by molar-refractivity contribution is 7.98. The zero-order valence-electron chi connectivity index (χ0n) is 15.5. The maximum Gasteiger partial charge on any atom is 0.269 e. The summed E-state index contributed by atoms with van der Waals surface area (Å²) in [5.41, 5.74) is 2.02. The van der Waals surface area contributed by atoms with Crippen LogP contribution in [0.5, 0.6) is 5.75 Å². The van der Waals surface area contributed by atoms with Crippen LogP contribution in [0, 0.1) is 10.1 Å². The molecule has 0 saturated heterocycles. The van der Waals surface area contributed by atoms with E-state index in [0.717, 1.165) is 29.2 Å². The molecular formula is C19H24N4O3S. The minimum atomic E-state index is -0.406. The number of para-hydroxylation sites is 1. The van der Waals surface area contributed by atoms with E-state index in [9.17, 15) is 10.1 Å². The summed E-state index contributed by atoms with van der Waals surface area (Å²) in [5.74, 6) is 2.48. The first-order valence-electron chi connectivity index (χ1n) is 8.50. The molecule has 0 unspecified atom stereocenters. The maximum atomic E-state index is 10.7. The van der Waals surface area contributed by atoms with Crippen molar-refractivity contribution < 1.29 is 9.66 Å². The fourth-order valence-corrected chi connectivity index (χ4v) is 2.67. The van der Waals surface area contributed by atoms with Gasteiger partial charge in [-0.1, -0.05) is 30.3 Å². The third-order valence-corrected chi connectivity index (χ3v) is 4.42. The van der Waals surface area contributed by atoms with Gasteiger partial charge in [-0.05, 0) is 17.9 Å². The fraction of sp³-hybridized carbons (Fsp3) is 0.316. The summed E-state index contributed by atoms with van der Waals surface area (Å²) in [6, 6.07) is 14.3. The van der Waals surface area contributed by atoms with Crippen molar-refractivity contribution in [3.8, 4) is 5.75 Å². The van der Waals surface area contributed by atoms with Gasteiger partial charge in [-0.2, -0.15) is 11.8 Å². The van der Waals surface area contributed by atoms with Crippen molar-refractivity contribution in [2.24, 2.45) is 4.99 Å². The van der Waals surface area contributed by atoms with Crippen LogP contribution in [-0.2, 0) is 13.1 Å². The largest absolute Gasteiger partial charge is 0.496 e. The number of nitrogens with zero attached hydrogens (tertiary/aromatic N) is 2. The Balaban J connectivity index is 2.03. The van der Waals surface area contributed by atoms with Crippen LogP contribution in [0.3, 0.4) is 0 Å². The molecule has 0 fully saturated rings. The van der Waals surface area contributed by atoms with Gasteiger partial charge in [0.05, 0.1) is 18.6 Å². The van der Waals surface area contributed by atoms with Crippen molar-refractivity contribution in [3.05, 3.63) is 69.8 Å². The van der Waals surface area contributed by atoms with Crippen molar-refractivity contribution in [2.75, 3.05) is 25.7 Å². The summed E-state index contributed by atoms with van der Waals surface area (Å²) in [5, 5.41) is 17.4. The summed E-state index contributed by atoms with van der Waals surface area (Å²) in [4.78, 5) is 14.9. The molecule has 2 N–H and O–H groups in total. The van der Waals surface area contributed by atoms with Crippen LogP contribution in [0.1, 0.15) is 11.1 Å². The van der Waals surface area contributed by atoms with Gasteiger partial charge in [-0.15, -0.1) is 0 Å². The number of ether oxygens (including phenoxy) is 1. The van der Waals surface area contributed by atoms with Gasteiger partial charge in [0.2, 0.25) is 0 Å². The lowest BCUT2D eigenvalue weighted by Gasteiger charge is -2.14. The zero-order chi connectivity index (χ0) is 19.5. The van der Waals surface area contributed by atoms with Gasteiger partial charge in [0.15, 0.2) is 5.96 Å². The molecule has 0 radical (unpaired) electrons. The van der Waals surface area contributed by atoms with E-state index >= 15 is 0 Å². The Hall–Kier alpha value is -2.74. The fourth-order valence-electron chi connectivity index (χ4n) is 2.37. The summed E-state index contributed by atoms with van der Waals surface area (Å²) >= 11 is 1.75. The van der Waals surface area contributed by atoms with E-state index in [2.05, 4.69) is 21.9 Å². The van der Waals surface area contributed by atoms with Crippen LogP contribution in [0.2, 0.25) is 0 Å². The monoisotopic (exact) mass is 388 g/mol. The Morgan fingerprint density at radius 2 is 1.93 bits per heavy atom. The van der Waals surface area contributed by atoms with E-state index in [0.29, 0.717) is 19.0 Å². The molecule has 0 aliphatic rings. The Morgan fingerprint density at radius 3 is 2.59 bits per heavy atom. The van der Waals surface area contributed by atoms with Crippen LogP contribution in [0.15, 0.2) is 53.5 Å². The normalized spacial score (nSPS) is 11.1. The first-order valence-corrected chi connectivity index (χ1v) is 9.89. The molecule has 0 aliphatic heterocycles. The van der Waals surface area contributed by atoms with Gasteiger partial charge >= 0.3 is 0 Å². The smallest absolute Gasteiger partial charge is 0.269 e. The summed E-state index contributed by atoms with van der Waals surface area (Å²) in [7, 11) is 1.65. The number of benzene rings is 2. The number of aliphatic imine (C=N–C) groups is 1. The average Bonchev–Trinajstić information content (AvgIpc) is 2.70. The molecule has 0 amide bonds. The maximum absolute atomic E-state index is 10.7. The first-order chi connectivity index (χ1) is 13.1. The molecule has 8 heteroatoms. The van der Waals surface area contributed by atoms with E-state index in [-0.39, 0.29) is 5.69 Å². The van der Waals surface area contributed by atoms with E-state index in [1.165, 1.54) is 12.1 Å². The lowest BCUT2D eigenvalue weighted by atomic mass is 10.2. The predicted molar refractivity (Wildman–Crippen MR) is 110 cm³/mol. The highest BCUT2D eigenvalue weighted by Crippen LogP contribution is 2.16. The molecule has 0 saturated carbocycles. The topological polar surface area (TPSA) is 88.8 Å². The number of thioether (sulfide) groups is 1. The number of nitrogens with one attached hydrogen (secondary N) is 2.